The van der Waals surface area contributed by atoms with Crippen LogP contribution in [-0.2, 0) is 0 Å². The first kappa shape index (κ1) is 18.3. The number of halogens is 1. The van der Waals surface area contributed by atoms with E-state index in [0.717, 1.165) is 12.1 Å². The molecule has 0 unspecified atom stereocenters. The zero-order chi connectivity index (χ0) is 16.5. The van der Waals surface area contributed by atoms with E-state index in [1.54, 1.807) is 12.1 Å². The van der Waals surface area contributed by atoms with Crippen molar-refractivity contribution < 1.29 is 9.90 Å². The molecule has 2 fully saturated rings. The van der Waals surface area contributed by atoms with Gasteiger partial charge in [0.25, 0.3) is 0 Å². The molecule has 2 N–H and O–H groups in total. The Kier molecular flexibility index (Phi) is 7.90. The molecule has 0 heterocycles. The van der Waals surface area contributed by atoms with Gasteiger partial charge >= 0.3 is 5.97 Å². The average molecular weight is 338 g/mol. The molecule has 2 saturated carbocycles. The summed E-state index contributed by atoms with van der Waals surface area (Å²) in [5.41, 5.74) is 0.215. The van der Waals surface area contributed by atoms with Gasteiger partial charge in [-0.05, 0) is 43.9 Å². The van der Waals surface area contributed by atoms with E-state index < -0.39 is 5.97 Å². The van der Waals surface area contributed by atoms with E-state index in [1.165, 1.54) is 76.3 Å². The molecular weight excluding hydrogens is 310 g/mol. The number of carbonyl (C=O) groups is 1. The molecule has 4 heteroatoms. The average Bonchev–Trinajstić information content (AvgIpc) is 2.57. The van der Waals surface area contributed by atoms with E-state index in [2.05, 4.69) is 5.32 Å². The van der Waals surface area contributed by atoms with Crippen LogP contribution in [0, 0.1) is 0 Å². The zero-order valence-electron chi connectivity index (χ0n) is 13.8. The Labute approximate surface area is 144 Å². The van der Waals surface area contributed by atoms with Crippen LogP contribution in [0.15, 0.2) is 24.3 Å². The van der Waals surface area contributed by atoms with Crippen molar-refractivity contribution in [3.8, 4) is 0 Å². The quantitative estimate of drug-likeness (QED) is 0.788. The Hall–Kier alpha value is -1.06. The van der Waals surface area contributed by atoms with E-state index in [1.807, 2.05) is 0 Å². The first-order valence-electron chi connectivity index (χ1n) is 8.90. The molecule has 0 bridgehead atoms. The molecular formula is C19H28ClNO2. The summed E-state index contributed by atoms with van der Waals surface area (Å²) in [4.78, 5) is 10.3. The highest BCUT2D eigenvalue weighted by Crippen LogP contribution is 2.22. The number of hydrogen-bond acceptors (Lipinski definition) is 2. The standard InChI is InChI=1S/C12H23N.C7H5ClO2/c1-3-7-11(8-4-1)13-12-9-5-2-6-10-12;8-6-3-1-2-5(4-6)7(9)10/h11-13H,1-10H2;1-4H,(H,9,10). The van der Waals surface area contributed by atoms with Gasteiger partial charge in [-0.3, -0.25) is 0 Å². The summed E-state index contributed by atoms with van der Waals surface area (Å²) in [6.45, 7) is 0. The monoisotopic (exact) mass is 337 g/mol. The highest BCUT2D eigenvalue weighted by molar-refractivity contribution is 6.30. The Morgan fingerprint density at radius 2 is 1.48 bits per heavy atom. The van der Waals surface area contributed by atoms with Crippen LogP contribution in [0.4, 0.5) is 0 Å². The fraction of sp³-hybridized carbons (Fsp3) is 0.632. The van der Waals surface area contributed by atoms with Crippen LogP contribution < -0.4 is 5.32 Å². The van der Waals surface area contributed by atoms with Crippen molar-refractivity contribution in [1.82, 2.24) is 5.32 Å². The molecule has 3 rings (SSSR count). The van der Waals surface area contributed by atoms with Crippen molar-refractivity contribution in [3.63, 3.8) is 0 Å². The maximum Gasteiger partial charge on any atom is 0.335 e. The van der Waals surface area contributed by atoms with Gasteiger partial charge in [0.15, 0.2) is 0 Å². The normalized spacial score (nSPS) is 19.7. The summed E-state index contributed by atoms with van der Waals surface area (Å²) in [5.74, 6) is -0.956. The molecule has 1 aromatic rings. The zero-order valence-corrected chi connectivity index (χ0v) is 14.5. The molecule has 128 valence electrons. The Balaban J connectivity index is 0.000000174. The highest BCUT2D eigenvalue weighted by atomic mass is 35.5. The third-order valence-corrected chi connectivity index (χ3v) is 4.99. The number of nitrogens with one attached hydrogen (secondary N) is 1. The Morgan fingerprint density at radius 3 is 1.87 bits per heavy atom. The van der Waals surface area contributed by atoms with E-state index in [4.69, 9.17) is 16.7 Å². The first-order valence-corrected chi connectivity index (χ1v) is 9.28. The molecule has 0 saturated heterocycles. The second kappa shape index (κ2) is 9.94. The molecule has 1 aromatic carbocycles. The van der Waals surface area contributed by atoms with Crippen molar-refractivity contribution in [2.75, 3.05) is 0 Å². The number of rotatable bonds is 3. The second-order valence-corrected chi connectivity index (χ2v) is 7.09. The molecule has 0 atom stereocenters. The summed E-state index contributed by atoms with van der Waals surface area (Å²) >= 11 is 5.53. The van der Waals surface area contributed by atoms with Gasteiger partial charge in [0, 0.05) is 17.1 Å². The van der Waals surface area contributed by atoms with Crippen molar-refractivity contribution in [3.05, 3.63) is 34.9 Å². The van der Waals surface area contributed by atoms with E-state index in [-0.39, 0.29) is 5.56 Å². The molecule has 0 amide bonds. The van der Waals surface area contributed by atoms with Crippen LogP contribution >= 0.6 is 11.6 Å². The maximum absolute atomic E-state index is 10.3. The van der Waals surface area contributed by atoms with Gasteiger partial charge in [0.1, 0.15) is 0 Å². The predicted octanol–water partition coefficient (Wildman–Crippen LogP) is 5.28. The minimum absolute atomic E-state index is 0.215. The third-order valence-electron chi connectivity index (χ3n) is 4.75. The van der Waals surface area contributed by atoms with Gasteiger partial charge in [-0.15, -0.1) is 0 Å². The molecule has 0 radical (unpaired) electrons. The minimum Gasteiger partial charge on any atom is -0.478 e. The molecule has 0 spiro atoms. The Bertz CT molecular complexity index is 464. The van der Waals surface area contributed by atoms with Crippen molar-refractivity contribution in [1.29, 1.82) is 0 Å². The lowest BCUT2D eigenvalue weighted by atomic mass is 9.91. The van der Waals surface area contributed by atoms with Gasteiger partial charge < -0.3 is 10.4 Å². The molecule has 23 heavy (non-hydrogen) atoms. The van der Waals surface area contributed by atoms with Crippen molar-refractivity contribution >= 4 is 17.6 Å². The molecule has 3 nitrogen and oxygen atoms in total. The van der Waals surface area contributed by atoms with Crippen molar-refractivity contribution in [2.24, 2.45) is 0 Å². The van der Waals surface area contributed by atoms with E-state index in [0.29, 0.717) is 5.02 Å². The van der Waals surface area contributed by atoms with Crippen LogP contribution in [0.1, 0.15) is 74.6 Å². The van der Waals surface area contributed by atoms with Crippen LogP contribution in [0.2, 0.25) is 5.02 Å². The molecule has 0 aromatic heterocycles. The topological polar surface area (TPSA) is 49.3 Å². The smallest absolute Gasteiger partial charge is 0.335 e. The van der Waals surface area contributed by atoms with Crippen molar-refractivity contribution in [2.45, 2.75) is 76.3 Å². The second-order valence-electron chi connectivity index (χ2n) is 6.65. The number of hydrogen-bond donors (Lipinski definition) is 2. The predicted molar refractivity (Wildman–Crippen MR) is 95.3 cm³/mol. The highest BCUT2D eigenvalue weighted by Gasteiger charge is 2.19. The van der Waals surface area contributed by atoms with Crippen LogP contribution in [0.3, 0.4) is 0 Å². The van der Waals surface area contributed by atoms with Gasteiger partial charge in [-0.1, -0.05) is 56.2 Å². The number of carboxylic acid groups (broad SMARTS) is 1. The summed E-state index contributed by atoms with van der Waals surface area (Å²) in [7, 11) is 0. The number of aromatic carboxylic acids is 1. The van der Waals surface area contributed by atoms with E-state index >= 15 is 0 Å². The largest absolute Gasteiger partial charge is 0.478 e. The molecule has 2 aliphatic rings. The lowest BCUT2D eigenvalue weighted by Gasteiger charge is -2.30. The summed E-state index contributed by atoms with van der Waals surface area (Å²) in [5, 5.41) is 12.8. The van der Waals surface area contributed by atoms with Crippen LogP contribution in [-0.4, -0.2) is 23.2 Å². The fourth-order valence-corrected chi connectivity index (χ4v) is 3.68. The minimum atomic E-state index is -0.956. The van der Waals surface area contributed by atoms with Crippen LogP contribution in [0.5, 0.6) is 0 Å². The summed E-state index contributed by atoms with van der Waals surface area (Å²) < 4.78 is 0. The lowest BCUT2D eigenvalue weighted by molar-refractivity contribution is 0.0697. The third kappa shape index (κ3) is 6.92. The van der Waals surface area contributed by atoms with Gasteiger partial charge in [0.2, 0.25) is 0 Å². The first-order chi connectivity index (χ1) is 11.1. The maximum atomic E-state index is 10.3. The number of benzene rings is 1. The van der Waals surface area contributed by atoms with Gasteiger partial charge in [-0.25, -0.2) is 4.79 Å². The summed E-state index contributed by atoms with van der Waals surface area (Å²) in [6.07, 6.45) is 14.6. The molecule has 2 aliphatic carbocycles. The summed E-state index contributed by atoms with van der Waals surface area (Å²) in [6, 6.07) is 7.88. The SMILES string of the molecule is C1CCC(NC2CCCCC2)CC1.O=C(O)c1cccc(Cl)c1. The number of carboxylic acids is 1. The van der Waals surface area contributed by atoms with Gasteiger partial charge in [-0.2, -0.15) is 0 Å². The van der Waals surface area contributed by atoms with Crippen LogP contribution in [0.25, 0.3) is 0 Å². The van der Waals surface area contributed by atoms with E-state index in [9.17, 15) is 4.79 Å². The Morgan fingerprint density at radius 1 is 0.957 bits per heavy atom. The molecule has 0 aliphatic heterocycles. The lowest BCUT2D eigenvalue weighted by Crippen LogP contribution is -2.40. The van der Waals surface area contributed by atoms with Gasteiger partial charge in [0.05, 0.1) is 5.56 Å². The fourth-order valence-electron chi connectivity index (χ4n) is 3.49.